The van der Waals surface area contributed by atoms with Crippen LogP contribution in [0.1, 0.15) is 5.01 Å². The Labute approximate surface area is 132 Å². The predicted octanol–water partition coefficient (Wildman–Crippen LogP) is 3.26. The van der Waals surface area contributed by atoms with Crippen molar-refractivity contribution in [1.82, 2.24) is 15.1 Å². The minimum Gasteiger partial charge on any atom is -0.332 e. The highest BCUT2D eigenvalue weighted by Gasteiger charge is 2.14. The molecule has 2 aromatic heterocycles. The first-order chi connectivity index (χ1) is 10.2. The molecule has 0 fully saturated rings. The van der Waals surface area contributed by atoms with Crippen molar-refractivity contribution in [3.63, 3.8) is 0 Å². The molecule has 0 saturated heterocycles. The minimum atomic E-state index is -0.371. The van der Waals surface area contributed by atoms with Crippen LogP contribution in [0.2, 0.25) is 0 Å². The van der Waals surface area contributed by atoms with E-state index in [0.29, 0.717) is 40.4 Å². The van der Waals surface area contributed by atoms with E-state index < -0.39 is 0 Å². The largest absolute Gasteiger partial charge is 0.332 e. The van der Waals surface area contributed by atoms with Crippen molar-refractivity contribution in [3.05, 3.63) is 38.9 Å². The standard InChI is InChI=1S/C13H10BrFN4OS/c14-8-3-7(4-9(15)5-8)12-18-13(20-19-12)10-6-21-11(17-10)1-2-16/h3-6H,1-2,16H2. The van der Waals surface area contributed by atoms with Crippen molar-refractivity contribution < 1.29 is 8.91 Å². The summed E-state index contributed by atoms with van der Waals surface area (Å²) in [5.41, 5.74) is 6.64. The van der Waals surface area contributed by atoms with Gasteiger partial charge in [0.1, 0.15) is 11.5 Å². The average molecular weight is 369 g/mol. The summed E-state index contributed by atoms with van der Waals surface area (Å²) < 4.78 is 19.2. The fraction of sp³-hybridized carbons (Fsp3) is 0.154. The SMILES string of the molecule is NCCc1nc(-c2nc(-c3cc(F)cc(Br)c3)no2)cs1. The molecule has 21 heavy (non-hydrogen) atoms. The Morgan fingerprint density at radius 1 is 1.29 bits per heavy atom. The lowest BCUT2D eigenvalue weighted by Crippen LogP contribution is -2.01. The van der Waals surface area contributed by atoms with Gasteiger partial charge in [0.2, 0.25) is 5.82 Å². The Hall–Kier alpha value is -1.64. The summed E-state index contributed by atoms with van der Waals surface area (Å²) in [5.74, 6) is 0.257. The maximum atomic E-state index is 13.4. The molecule has 0 bridgehead atoms. The molecule has 0 unspecified atom stereocenters. The zero-order chi connectivity index (χ0) is 14.8. The average Bonchev–Trinajstić information content (AvgIpc) is 3.06. The first-order valence-electron chi connectivity index (χ1n) is 6.11. The van der Waals surface area contributed by atoms with E-state index in [9.17, 15) is 4.39 Å². The summed E-state index contributed by atoms with van der Waals surface area (Å²) in [5, 5.41) is 6.62. The minimum absolute atomic E-state index is 0.310. The van der Waals surface area contributed by atoms with Gasteiger partial charge in [0, 0.05) is 21.8 Å². The Balaban J connectivity index is 1.91. The third-order valence-corrected chi connectivity index (χ3v) is 4.04. The molecule has 0 spiro atoms. The number of hydrogen-bond acceptors (Lipinski definition) is 6. The van der Waals surface area contributed by atoms with Crippen molar-refractivity contribution in [3.8, 4) is 23.0 Å². The van der Waals surface area contributed by atoms with Crippen LogP contribution in [-0.4, -0.2) is 21.7 Å². The number of hydrogen-bond donors (Lipinski definition) is 1. The van der Waals surface area contributed by atoms with Crippen LogP contribution in [-0.2, 0) is 6.42 Å². The normalized spacial score (nSPS) is 11.0. The van der Waals surface area contributed by atoms with Crippen LogP contribution in [0.4, 0.5) is 4.39 Å². The van der Waals surface area contributed by atoms with Crippen LogP contribution in [0.15, 0.2) is 32.6 Å². The lowest BCUT2D eigenvalue weighted by Gasteiger charge is -1.96. The monoisotopic (exact) mass is 368 g/mol. The fourth-order valence-corrected chi connectivity index (χ4v) is 3.03. The van der Waals surface area contributed by atoms with Crippen molar-refractivity contribution in [2.75, 3.05) is 6.54 Å². The fourth-order valence-electron chi connectivity index (χ4n) is 1.78. The molecule has 1 aromatic carbocycles. The van der Waals surface area contributed by atoms with Gasteiger partial charge in [0.05, 0.1) is 5.01 Å². The lowest BCUT2D eigenvalue weighted by atomic mass is 10.2. The molecule has 0 radical (unpaired) electrons. The Morgan fingerprint density at radius 2 is 2.14 bits per heavy atom. The van der Waals surface area contributed by atoms with E-state index in [0.717, 1.165) is 5.01 Å². The van der Waals surface area contributed by atoms with E-state index in [1.807, 2.05) is 5.38 Å². The van der Waals surface area contributed by atoms with Crippen LogP contribution in [0.25, 0.3) is 23.0 Å². The third kappa shape index (κ3) is 3.17. The maximum absolute atomic E-state index is 13.4. The molecule has 2 heterocycles. The van der Waals surface area contributed by atoms with Gasteiger partial charge in [-0.25, -0.2) is 9.37 Å². The van der Waals surface area contributed by atoms with E-state index in [1.54, 1.807) is 6.07 Å². The van der Waals surface area contributed by atoms with E-state index in [-0.39, 0.29) is 5.82 Å². The van der Waals surface area contributed by atoms with Crippen molar-refractivity contribution in [1.29, 1.82) is 0 Å². The molecule has 0 atom stereocenters. The van der Waals surface area contributed by atoms with Gasteiger partial charge in [-0.05, 0) is 24.7 Å². The molecule has 108 valence electrons. The number of rotatable bonds is 4. The van der Waals surface area contributed by atoms with Gasteiger partial charge in [0.25, 0.3) is 5.89 Å². The lowest BCUT2D eigenvalue weighted by molar-refractivity contribution is 0.431. The van der Waals surface area contributed by atoms with E-state index in [4.69, 9.17) is 10.3 Å². The number of thiazole rings is 1. The molecular weight excluding hydrogens is 359 g/mol. The molecule has 0 aliphatic rings. The highest BCUT2D eigenvalue weighted by molar-refractivity contribution is 9.10. The number of aromatic nitrogens is 3. The molecular formula is C13H10BrFN4OS. The summed E-state index contributed by atoms with van der Waals surface area (Å²) in [6, 6.07) is 4.43. The van der Waals surface area contributed by atoms with Crippen LogP contribution in [0.5, 0.6) is 0 Å². The first kappa shape index (κ1) is 14.3. The molecule has 2 N–H and O–H groups in total. The van der Waals surface area contributed by atoms with Gasteiger partial charge in [0.15, 0.2) is 0 Å². The van der Waals surface area contributed by atoms with E-state index >= 15 is 0 Å². The van der Waals surface area contributed by atoms with Gasteiger partial charge in [-0.1, -0.05) is 21.1 Å². The molecule has 3 aromatic rings. The summed E-state index contributed by atoms with van der Waals surface area (Å²) in [7, 11) is 0. The summed E-state index contributed by atoms with van der Waals surface area (Å²) in [6.45, 7) is 0.541. The molecule has 5 nitrogen and oxygen atoms in total. The van der Waals surface area contributed by atoms with Gasteiger partial charge >= 0.3 is 0 Å². The molecule has 0 aliphatic carbocycles. The van der Waals surface area contributed by atoms with Crippen molar-refractivity contribution in [2.45, 2.75) is 6.42 Å². The zero-order valence-corrected chi connectivity index (χ0v) is 13.1. The quantitative estimate of drug-likeness (QED) is 0.764. The molecule has 3 rings (SSSR count). The van der Waals surface area contributed by atoms with Gasteiger partial charge in [-0.3, -0.25) is 0 Å². The second-order valence-electron chi connectivity index (χ2n) is 4.25. The van der Waals surface area contributed by atoms with E-state index in [1.165, 1.54) is 23.5 Å². The first-order valence-corrected chi connectivity index (χ1v) is 7.78. The Kier molecular flexibility index (Phi) is 4.09. The molecule has 0 saturated carbocycles. The maximum Gasteiger partial charge on any atom is 0.277 e. The van der Waals surface area contributed by atoms with Crippen molar-refractivity contribution >= 4 is 27.3 Å². The third-order valence-electron chi connectivity index (χ3n) is 2.68. The second kappa shape index (κ2) is 6.00. The number of halogens is 2. The highest BCUT2D eigenvalue weighted by Crippen LogP contribution is 2.26. The topological polar surface area (TPSA) is 77.8 Å². The smallest absolute Gasteiger partial charge is 0.277 e. The summed E-state index contributed by atoms with van der Waals surface area (Å²) in [4.78, 5) is 8.63. The number of benzene rings is 1. The van der Waals surface area contributed by atoms with E-state index in [2.05, 4.69) is 31.1 Å². The predicted molar refractivity (Wildman–Crippen MR) is 81.3 cm³/mol. The number of nitrogens with zero attached hydrogens (tertiary/aromatic N) is 3. The Bertz CT molecular complexity index is 753. The highest BCUT2D eigenvalue weighted by atomic mass is 79.9. The van der Waals surface area contributed by atoms with Crippen LogP contribution >= 0.6 is 27.3 Å². The zero-order valence-electron chi connectivity index (χ0n) is 10.7. The van der Waals surface area contributed by atoms with Crippen LogP contribution < -0.4 is 5.73 Å². The summed E-state index contributed by atoms with van der Waals surface area (Å²) >= 11 is 4.73. The molecule has 0 amide bonds. The van der Waals surface area contributed by atoms with Gasteiger partial charge < -0.3 is 10.3 Å². The molecule has 8 heteroatoms. The van der Waals surface area contributed by atoms with Crippen LogP contribution in [0, 0.1) is 5.82 Å². The Morgan fingerprint density at radius 3 is 2.90 bits per heavy atom. The second-order valence-corrected chi connectivity index (χ2v) is 6.10. The van der Waals surface area contributed by atoms with Crippen molar-refractivity contribution in [2.24, 2.45) is 5.73 Å². The number of nitrogens with two attached hydrogens (primary N) is 1. The van der Waals surface area contributed by atoms with Gasteiger partial charge in [-0.15, -0.1) is 11.3 Å². The molecule has 0 aliphatic heterocycles. The van der Waals surface area contributed by atoms with Gasteiger partial charge in [-0.2, -0.15) is 4.98 Å². The summed E-state index contributed by atoms with van der Waals surface area (Å²) in [6.07, 6.45) is 0.711. The van der Waals surface area contributed by atoms with Crippen LogP contribution in [0.3, 0.4) is 0 Å².